The topological polar surface area (TPSA) is 59.3 Å². The van der Waals surface area contributed by atoms with Crippen molar-refractivity contribution in [3.63, 3.8) is 0 Å². The van der Waals surface area contributed by atoms with Gasteiger partial charge in [0.15, 0.2) is 12.0 Å². The molecule has 8 heteroatoms. The molecule has 2 N–H and O–H groups in total. The van der Waals surface area contributed by atoms with Crippen LogP contribution in [0.5, 0.6) is 0 Å². The van der Waals surface area contributed by atoms with E-state index in [4.69, 9.17) is 4.74 Å². The lowest BCUT2D eigenvalue weighted by Gasteiger charge is -2.21. The Morgan fingerprint density at radius 2 is 1.81 bits per heavy atom. The van der Waals surface area contributed by atoms with Crippen LogP contribution in [0, 0.1) is 6.92 Å². The van der Waals surface area contributed by atoms with Crippen molar-refractivity contribution < 1.29 is 23.0 Å². The number of nitrogens with zero attached hydrogens (tertiary/aromatic N) is 2. The fourth-order valence-electron chi connectivity index (χ4n) is 3.48. The zero-order valence-corrected chi connectivity index (χ0v) is 17.6. The van der Waals surface area contributed by atoms with Crippen LogP contribution in [-0.4, -0.2) is 21.8 Å². The molecule has 0 bridgehead atoms. The van der Waals surface area contributed by atoms with E-state index in [2.05, 4.69) is 17.2 Å². The van der Waals surface area contributed by atoms with Crippen LogP contribution < -0.4 is 5.32 Å². The maximum Gasteiger partial charge on any atom is 0.434 e. The molecule has 0 fully saturated rings. The fourth-order valence-corrected chi connectivity index (χ4v) is 3.48. The number of aliphatic hydroxyl groups is 1. The Bertz CT molecular complexity index is 1000. The van der Waals surface area contributed by atoms with Crippen molar-refractivity contribution in [2.45, 2.75) is 45.2 Å². The lowest BCUT2D eigenvalue weighted by molar-refractivity contribution is -0.140. The zero-order valence-electron chi connectivity index (χ0n) is 17.6. The summed E-state index contributed by atoms with van der Waals surface area (Å²) >= 11 is 0. The van der Waals surface area contributed by atoms with E-state index < -0.39 is 18.2 Å². The van der Waals surface area contributed by atoms with E-state index in [0.717, 1.165) is 35.9 Å². The average Bonchev–Trinajstić information content (AvgIpc) is 3.24. The van der Waals surface area contributed by atoms with E-state index in [1.165, 1.54) is 18.0 Å². The second kappa shape index (κ2) is 9.53. The van der Waals surface area contributed by atoms with Gasteiger partial charge in [0.25, 0.3) is 0 Å². The molecule has 2 atom stereocenters. The largest absolute Gasteiger partial charge is 0.434 e. The van der Waals surface area contributed by atoms with Gasteiger partial charge in [0.2, 0.25) is 0 Å². The summed E-state index contributed by atoms with van der Waals surface area (Å²) in [6.45, 7) is 3.95. The second-order valence-corrected chi connectivity index (χ2v) is 7.41. The van der Waals surface area contributed by atoms with Crippen molar-refractivity contribution in [3.8, 4) is 5.69 Å². The predicted octanol–water partition coefficient (Wildman–Crippen LogP) is 5.79. The maximum absolute atomic E-state index is 12.8. The minimum Gasteiger partial charge on any atom is -0.378 e. The number of imidazole rings is 1. The molecule has 0 amide bonds. The van der Waals surface area contributed by atoms with Gasteiger partial charge < -0.3 is 19.7 Å². The van der Waals surface area contributed by atoms with Crippen LogP contribution in [0.3, 0.4) is 0 Å². The van der Waals surface area contributed by atoms with Gasteiger partial charge in [-0.3, -0.25) is 0 Å². The Kier molecular flexibility index (Phi) is 7.02. The van der Waals surface area contributed by atoms with Crippen molar-refractivity contribution >= 4 is 5.69 Å². The number of aryl methyl sites for hydroxylation is 1. The number of nitrogens with one attached hydrogen (secondary N) is 1. The number of aromatic nitrogens is 2. The summed E-state index contributed by atoms with van der Waals surface area (Å²) < 4.78 is 44.8. The molecule has 0 saturated heterocycles. The number of rotatable bonds is 8. The highest BCUT2D eigenvalue weighted by Gasteiger charge is 2.33. The summed E-state index contributed by atoms with van der Waals surface area (Å²) in [5.41, 5.74) is 3.17. The highest BCUT2D eigenvalue weighted by molar-refractivity contribution is 5.55. The first-order valence-electron chi connectivity index (χ1n) is 10.0. The number of aliphatic hydroxyl groups excluding tert-OH is 1. The third-order valence-electron chi connectivity index (χ3n) is 5.11. The molecule has 0 aliphatic heterocycles. The van der Waals surface area contributed by atoms with Gasteiger partial charge in [-0.05, 0) is 42.7 Å². The molecule has 0 spiro atoms. The van der Waals surface area contributed by atoms with Gasteiger partial charge in [-0.25, -0.2) is 4.98 Å². The van der Waals surface area contributed by atoms with Crippen LogP contribution in [0.2, 0.25) is 0 Å². The minimum atomic E-state index is -4.47. The summed E-state index contributed by atoms with van der Waals surface area (Å²) in [4.78, 5) is 3.46. The molecule has 0 aliphatic carbocycles. The predicted molar refractivity (Wildman–Crippen MR) is 113 cm³/mol. The van der Waals surface area contributed by atoms with Crippen LogP contribution in [0.25, 0.3) is 5.69 Å². The number of methoxy groups -OCH3 is 1. The Labute approximate surface area is 179 Å². The molecule has 2 unspecified atom stereocenters. The standard InChI is InChI=1S/C23H26F3N3O2/c1-4-5-19(16-6-8-17(9-7-16)22(30)31-3)28-18-10-11-20(15(2)12-18)29-13-21(27-14-29)23(24,25)26/h6-14,19,22,28,30H,4-5H2,1-3H3. The first kappa shape index (κ1) is 22.8. The fraction of sp³-hybridized carbons (Fsp3) is 0.348. The zero-order chi connectivity index (χ0) is 22.6. The van der Waals surface area contributed by atoms with Crippen LogP contribution >= 0.6 is 0 Å². The Balaban J connectivity index is 1.80. The quantitative estimate of drug-likeness (QED) is 0.442. The van der Waals surface area contributed by atoms with Gasteiger partial charge in [-0.15, -0.1) is 0 Å². The Hall–Kier alpha value is -2.84. The van der Waals surface area contributed by atoms with Crippen molar-refractivity contribution in [1.82, 2.24) is 9.55 Å². The molecular weight excluding hydrogens is 407 g/mol. The van der Waals surface area contributed by atoms with E-state index in [1.54, 1.807) is 6.07 Å². The smallest absolute Gasteiger partial charge is 0.378 e. The van der Waals surface area contributed by atoms with Gasteiger partial charge in [-0.1, -0.05) is 37.6 Å². The molecule has 0 radical (unpaired) electrons. The second-order valence-electron chi connectivity index (χ2n) is 7.41. The van der Waals surface area contributed by atoms with Gasteiger partial charge in [0.1, 0.15) is 0 Å². The van der Waals surface area contributed by atoms with E-state index >= 15 is 0 Å². The summed E-state index contributed by atoms with van der Waals surface area (Å²) in [6.07, 6.45) is -1.40. The molecule has 166 valence electrons. The molecule has 1 aromatic heterocycles. The van der Waals surface area contributed by atoms with Crippen LogP contribution in [0.1, 0.15) is 54.5 Å². The Morgan fingerprint density at radius 1 is 1.13 bits per heavy atom. The third-order valence-corrected chi connectivity index (χ3v) is 5.11. The monoisotopic (exact) mass is 433 g/mol. The van der Waals surface area contributed by atoms with Crippen LogP contribution in [-0.2, 0) is 10.9 Å². The molecule has 31 heavy (non-hydrogen) atoms. The molecule has 3 aromatic rings. The van der Waals surface area contributed by atoms with Crippen molar-refractivity contribution in [2.24, 2.45) is 0 Å². The maximum atomic E-state index is 12.8. The first-order chi connectivity index (χ1) is 14.7. The summed E-state index contributed by atoms with van der Waals surface area (Å²) in [7, 11) is 1.44. The minimum absolute atomic E-state index is 0.0501. The Morgan fingerprint density at radius 3 is 2.35 bits per heavy atom. The highest BCUT2D eigenvalue weighted by Crippen LogP contribution is 2.30. The number of alkyl halides is 3. The third kappa shape index (κ3) is 5.45. The molecule has 5 nitrogen and oxygen atoms in total. The normalized spacial score (nSPS) is 13.8. The van der Waals surface area contributed by atoms with Crippen LogP contribution in [0.15, 0.2) is 55.0 Å². The molecule has 0 aliphatic rings. The van der Waals surface area contributed by atoms with E-state index in [0.29, 0.717) is 11.3 Å². The van der Waals surface area contributed by atoms with Crippen molar-refractivity contribution in [2.75, 3.05) is 12.4 Å². The summed E-state index contributed by atoms with van der Waals surface area (Å²) in [6, 6.07) is 13.2. The number of hydrogen-bond acceptors (Lipinski definition) is 4. The lowest BCUT2D eigenvalue weighted by Crippen LogP contribution is -2.11. The summed E-state index contributed by atoms with van der Waals surface area (Å²) in [5.74, 6) is 0. The van der Waals surface area contributed by atoms with Gasteiger partial charge in [0, 0.05) is 30.2 Å². The summed E-state index contributed by atoms with van der Waals surface area (Å²) in [5, 5.41) is 13.3. The molecule has 1 heterocycles. The molecule has 0 saturated carbocycles. The average molecular weight is 433 g/mol. The first-order valence-corrected chi connectivity index (χ1v) is 10.0. The van der Waals surface area contributed by atoms with Crippen molar-refractivity contribution in [1.29, 1.82) is 0 Å². The number of ether oxygens (including phenoxy) is 1. The van der Waals surface area contributed by atoms with Gasteiger partial charge in [0.05, 0.1) is 12.4 Å². The highest BCUT2D eigenvalue weighted by atomic mass is 19.4. The van der Waals surface area contributed by atoms with E-state index in [1.807, 2.05) is 43.3 Å². The number of anilines is 1. The van der Waals surface area contributed by atoms with Crippen molar-refractivity contribution in [3.05, 3.63) is 77.4 Å². The number of halogens is 3. The molecule has 2 aromatic carbocycles. The van der Waals surface area contributed by atoms with E-state index in [-0.39, 0.29) is 6.04 Å². The van der Waals surface area contributed by atoms with Crippen LogP contribution in [0.4, 0.5) is 18.9 Å². The van der Waals surface area contributed by atoms with E-state index in [9.17, 15) is 18.3 Å². The molecular formula is C23H26F3N3O2. The lowest BCUT2D eigenvalue weighted by atomic mass is 10.00. The van der Waals surface area contributed by atoms with Gasteiger partial charge >= 0.3 is 6.18 Å². The number of benzene rings is 2. The number of hydrogen-bond donors (Lipinski definition) is 2. The molecule has 3 rings (SSSR count). The van der Waals surface area contributed by atoms with Gasteiger partial charge in [-0.2, -0.15) is 13.2 Å². The SMILES string of the molecule is CCCC(Nc1ccc(-n2cnc(C(F)(F)F)c2)c(C)c1)c1ccc(C(O)OC)cc1.